The first-order valence-electron chi connectivity index (χ1n) is 9.79. The van der Waals surface area contributed by atoms with Crippen LogP contribution in [-0.4, -0.2) is 16.8 Å². The maximum absolute atomic E-state index is 13.1. The molecular weight excluding hydrogens is 378 g/mol. The van der Waals surface area contributed by atoms with Crippen molar-refractivity contribution in [3.8, 4) is 0 Å². The van der Waals surface area contributed by atoms with Crippen molar-refractivity contribution < 1.29 is 19.1 Å². The Morgan fingerprint density at radius 2 is 1.63 bits per heavy atom. The fraction of sp³-hybridized carbons (Fsp3) is 0.200. The molecule has 0 saturated carbocycles. The van der Waals surface area contributed by atoms with Crippen molar-refractivity contribution in [1.29, 1.82) is 0 Å². The van der Waals surface area contributed by atoms with Crippen LogP contribution in [0.2, 0.25) is 0 Å². The second-order valence-corrected chi connectivity index (χ2v) is 7.79. The Balaban J connectivity index is 1.98. The van der Waals surface area contributed by atoms with Crippen LogP contribution in [-0.2, 0) is 9.59 Å². The molecule has 1 atom stereocenters. The van der Waals surface area contributed by atoms with Crippen LogP contribution in [0.1, 0.15) is 39.6 Å². The molecule has 0 aliphatic carbocycles. The number of amides is 1. The first kappa shape index (κ1) is 19.7. The van der Waals surface area contributed by atoms with E-state index in [1.54, 1.807) is 12.1 Å². The van der Waals surface area contributed by atoms with Gasteiger partial charge in [0.05, 0.1) is 11.8 Å². The van der Waals surface area contributed by atoms with E-state index in [1.165, 1.54) is 11.2 Å². The second-order valence-electron chi connectivity index (χ2n) is 7.79. The summed E-state index contributed by atoms with van der Waals surface area (Å²) in [5.41, 5.74) is 4.85. The number of carbonyl (C=O) groups is 2. The van der Waals surface area contributed by atoms with Crippen molar-refractivity contribution in [2.75, 3.05) is 4.90 Å². The Kier molecular flexibility index (Phi) is 4.82. The normalized spacial score (nSPS) is 18.3. The number of rotatable bonds is 3. The summed E-state index contributed by atoms with van der Waals surface area (Å²) in [5, 5.41) is 11.2. The van der Waals surface area contributed by atoms with E-state index in [9.17, 15) is 14.7 Å². The largest absolute Gasteiger partial charge is 0.507 e. The summed E-state index contributed by atoms with van der Waals surface area (Å²) in [6, 6.07) is 13.9. The maximum atomic E-state index is 13.1. The number of carbonyl (C=O) groups excluding carboxylic acids is 2. The van der Waals surface area contributed by atoms with Gasteiger partial charge in [0.1, 0.15) is 17.6 Å². The molecule has 3 aromatic rings. The highest BCUT2D eigenvalue weighted by atomic mass is 16.3. The minimum atomic E-state index is -0.846. The fourth-order valence-electron chi connectivity index (χ4n) is 4.01. The number of aliphatic hydroxyl groups excluding tert-OH is 1. The molecule has 1 aliphatic heterocycles. The average molecular weight is 401 g/mol. The Morgan fingerprint density at radius 3 is 2.30 bits per heavy atom. The van der Waals surface area contributed by atoms with Crippen LogP contribution in [0.4, 0.5) is 5.69 Å². The van der Waals surface area contributed by atoms with Crippen molar-refractivity contribution in [2.45, 2.75) is 33.7 Å². The SMILES string of the molecule is Cc1ccc(N2C(=O)C(=O)/C(=C(\O)c3cc(C)ccc3C)C2c2ccco2)c(C)c1. The number of nitrogens with zero attached hydrogens (tertiary/aromatic N) is 1. The Hall–Kier alpha value is -3.60. The quantitative estimate of drug-likeness (QED) is 0.375. The number of furan rings is 1. The van der Waals surface area contributed by atoms with Gasteiger partial charge in [0.25, 0.3) is 11.7 Å². The lowest BCUT2D eigenvalue weighted by atomic mass is 9.95. The van der Waals surface area contributed by atoms with Gasteiger partial charge in [0.2, 0.25) is 0 Å². The number of hydrogen-bond donors (Lipinski definition) is 1. The zero-order valence-corrected chi connectivity index (χ0v) is 17.4. The molecule has 1 aromatic heterocycles. The van der Waals surface area contributed by atoms with E-state index in [4.69, 9.17) is 4.42 Å². The Morgan fingerprint density at radius 1 is 0.933 bits per heavy atom. The topological polar surface area (TPSA) is 70.8 Å². The summed E-state index contributed by atoms with van der Waals surface area (Å²) in [7, 11) is 0. The highest BCUT2D eigenvalue weighted by molar-refractivity contribution is 6.51. The number of anilines is 1. The van der Waals surface area contributed by atoms with Crippen LogP contribution in [0.3, 0.4) is 0 Å². The predicted molar refractivity (Wildman–Crippen MR) is 115 cm³/mol. The fourth-order valence-corrected chi connectivity index (χ4v) is 4.01. The van der Waals surface area contributed by atoms with E-state index in [1.807, 2.05) is 64.1 Å². The maximum Gasteiger partial charge on any atom is 0.300 e. The van der Waals surface area contributed by atoms with Crippen molar-refractivity contribution in [3.63, 3.8) is 0 Å². The summed E-state index contributed by atoms with van der Waals surface area (Å²) in [4.78, 5) is 27.7. The molecule has 1 aliphatic rings. The van der Waals surface area contributed by atoms with Gasteiger partial charge in [-0.15, -0.1) is 0 Å². The number of aliphatic hydroxyl groups is 1. The van der Waals surface area contributed by atoms with E-state index in [0.717, 1.165) is 22.3 Å². The van der Waals surface area contributed by atoms with Crippen molar-refractivity contribution >= 4 is 23.1 Å². The first-order valence-corrected chi connectivity index (χ1v) is 9.79. The third-order valence-corrected chi connectivity index (χ3v) is 5.52. The molecular formula is C25H23NO4. The van der Waals surface area contributed by atoms with Crippen LogP contribution in [0.5, 0.6) is 0 Å². The predicted octanol–water partition coefficient (Wildman–Crippen LogP) is 5.14. The van der Waals surface area contributed by atoms with E-state index in [-0.39, 0.29) is 11.3 Å². The van der Waals surface area contributed by atoms with Gasteiger partial charge < -0.3 is 9.52 Å². The molecule has 2 heterocycles. The van der Waals surface area contributed by atoms with E-state index in [2.05, 4.69) is 0 Å². The number of hydrogen-bond acceptors (Lipinski definition) is 4. The molecule has 0 bridgehead atoms. The third kappa shape index (κ3) is 3.12. The molecule has 5 nitrogen and oxygen atoms in total. The number of aryl methyl sites for hydroxylation is 4. The smallest absolute Gasteiger partial charge is 0.300 e. The monoisotopic (exact) mass is 401 g/mol. The van der Waals surface area contributed by atoms with Gasteiger partial charge in [-0.3, -0.25) is 14.5 Å². The molecule has 1 fully saturated rings. The van der Waals surface area contributed by atoms with Crippen LogP contribution in [0.25, 0.3) is 5.76 Å². The second kappa shape index (κ2) is 7.34. The first-order chi connectivity index (χ1) is 14.3. The number of Topliss-reactive ketones (excluding diaryl/α,β-unsaturated/α-hetero) is 1. The zero-order chi connectivity index (χ0) is 21.6. The molecule has 5 heteroatoms. The Labute approximate surface area is 175 Å². The highest BCUT2D eigenvalue weighted by Crippen LogP contribution is 2.43. The minimum absolute atomic E-state index is 0.0311. The van der Waals surface area contributed by atoms with Crippen molar-refractivity contribution in [3.05, 3.63) is 93.9 Å². The molecule has 4 rings (SSSR count). The van der Waals surface area contributed by atoms with Crippen molar-refractivity contribution in [1.82, 2.24) is 0 Å². The zero-order valence-electron chi connectivity index (χ0n) is 17.4. The average Bonchev–Trinajstić information content (AvgIpc) is 3.31. The van der Waals surface area contributed by atoms with Gasteiger partial charge in [-0.1, -0.05) is 35.4 Å². The van der Waals surface area contributed by atoms with Gasteiger partial charge >= 0.3 is 0 Å². The van der Waals surface area contributed by atoms with Crippen LogP contribution in [0, 0.1) is 27.7 Å². The lowest BCUT2D eigenvalue weighted by molar-refractivity contribution is -0.132. The molecule has 1 unspecified atom stereocenters. The Bertz CT molecular complexity index is 1190. The van der Waals surface area contributed by atoms with Gasteiger partial charge in [-0.25, -0.2) is 0 Å². The third-order valence-electron chi connectivity index (χ3n) is 5.52. The number of benzene rings is 2. The highest BCUT2D eigenvalue weighted by Gasteiger charge is 2.48. The van der Waals surface area contributed by atoms with Crippen LogP contribution >= 0.6 is 0 Å². The standard InChI is InChI=1S/C25H23NO4/c1-14-8-10-19(17(4)12-14)26-22(20-6-5-11-30-20)21(24(28)25(26)29)23(27)18-13-15(2)7-9-16(18)3/h5-13,22,27H,1-4H3/b23-21-. The molecule has 152 valence electrons. The van der Waals surface area contributed by atoms with Gasteiger partial charge in [0.15, 0.2) is 0 Å². The molecule has 1 amide bonds. The molecule has 30 heavy (non-hydrogen) atoms. The molecule has 1 saturated heterocycles. The lowest BCUT2D eigenvalue weighted by Gasteiger charge is -2.25. The lowest BCUT2D eigenvalue weighted by Crippen LogP contribution is -2.30. The molecule has 1 N–H and O–H groups in total. The van der Waals surface area contributed by atoms with Gasteiger partial charge in [-0.2, -0.15) is 0 Å². The van der Waals surface area contributed by atoms with E-state index < -0.39 is 17.7 Å². The summed E-state index contributed by atoms with van der Waals surface area (Å²) in [6.45, 7) is 7.63. The van der Waals surface area contributed by atoms with E-state index >= 15 is 0 Å². The molecule has 0 radical (unpaired) electrons. The van der Waals surface area contributed by atoms with Gasteiger partial charge in [0, 0.05) is 11.3 Å². The van der Waals surface area contributed by atoms with Gasteiger partial charge in [-0.05, 0) is 63.1 Å². The minimum Gasteiger partial charge on any atom is -0.507 e. The number of ketones is 1. The summed E-state index contributed by atoms with van der Waals surface area (Å²) in [5.74, 6) is -1.19. The summed E-state index contributed by atoms with van der Waals surface area (Å²) >= 11 is 0. The molecule has 0 spiro atoms. The summed E-state index contributed by atoms with van der Waals surface area (Å²) in [6.07, 6.45) is 1.50. The van der Waals surface area contributed by atoms with E-state index in [0.29, 0.717) is 17.0 Å². The van der Waals surface area contributed by atoms with Crippen LogP contribution in [0.15, 0.2) is 64.8 Å². The molecule has 2 aromatic carbocycles. The van der Waals surface area contributed by atoms with Crippen LogP contribution < -0.4 is 4.90 Å². The van der Waals surface area contributed by atoms with Crippen molar-refractivity contribution in [2.24, 2.45) is 0 Å². The summed E-state index contributed by atoms with van der Waals surface area (Å²) < 4.78 is 5.61.